The molecule has 1 saturated heterocycles. The highest BCUT2D eigenvalue weighted by atomic mass is 35.5. The van der Waals surface area contributed by atoms with Gasteiger partial charge in [-0.25, -0.2) is 4.98 Å². The number of anilines is 1. The molecule has 0 aliphatic carbocycles. The highest BCUT2D eigenvalue weighted by molar-refractivity contribution is 5.85. The van der Waals surface area contributed by atoms with Crippen molar-refractivity contribution >= 4 is 36.5 Å². The highest BCUT2D eigenvalue weighted by Gasteiger charge is 2.21. The molecule has 0 spiro atoms. The van der Waals surface area contributed by atoms with Crippen LogP contribution < -0.4 is 16.0 Å². The van der Waals surface area contributed by atoms with Gasteiger partial charge in [0.1, 0.15) is 5.82 Å². The van der Waals surface area contributed by atoms with Gasteiger partial charge in [-0.15, -0.1) is 24.8 Å². The minimum atomic E-state index is 0. The van der Waals surface area contributed by atoms with Crippen LogP contribution in [0.5, 0.6) is 0 Å². The Kier molecular flexibility index (Phi) is 10.1. The van der Waals surface area contributed by atoms with Gasteiger partial charge in [0.2, 0.25) is 5.91 Å². The van der Waals surface area contributed by atoms with Crippen LogP contribution in [0.1, 0.15) is 32.6 Å². The number of carbonyl (C=O) groups is 1. The van der Waals surface area contributed by atoms with Crippen molar-refractivity contribution in [3.63, 3.8) is 0 Å². The lowest BCUT2D eigenvalue weighted by Gasteiger charge is -2.33. The zero-order chi connectivity index (χ0) is 14.4. The fourth-order valence-corrected chi connectivity index (χ4v) is 2.45. The molecule has 1 aliphatic rings. The number of hydrogen-bond acceptors (Lipinski definition) is 4. The smallest absolute Gasteiger partial charge is 0.220 e. The predicted molar refractivity (Wildman–Crippen MR) is 95.0 cm³/mol. The molecule has 22 heavy (non-hydrogen) atoms. The van der Waals surface area contributed by atoms with E-state index in [0.717, 1.165) is 38.2 Å². The Labute approximate surface area is 144 Å². The third-order valence-electron chi connectivity index (χ3n) is 3.66. The molecule has 5 nitrogen and oxygen atoms in total. The first-order valence-electron chi connectivity index (χ1n) is 7.36. The van der Waals surface area contributed by atoms with Crippen molar-refractivity contribution < 1.29 is 4.79 Å². The summed E-state index contributed by atoms with van der Waals surface area (Å²) in [5.41, 5.74) is 5.66. The Morgan fingerprint density at radius 2 is 2.09 bits per heavy atom. The van der Waals surface area contributed by atoms with Gasteiger partial charge in [-0.3, -0.25) is 4.79 Å². The average Bonchev–Trinajstić information content (AvgIpc) is 2.47. The summed E-state index contributed by atoms with van der Waals surface area (Å²) >= 11 is 0. The summed E-state index contributed by atoms with van der Waals surface area (Å²) < 4.78 is 0. The van der Waals surface area contributed by atoms with Crippen LogP contribution in [0.2, 0.25) is 0 Å². The van der Waals surface area contributed by atoms with E-state index in [1.807, 2.05) is 31.3 Å². The van der Waals surface area contributed by atoms with Crippen LogP contribution in [-0.2, 0) is 4.79 Å². The molecule has 2 rings (SSSR count). The number of pyridine rings is 1. The van der Waals surface area contributed by atoms with E-state index < -0.39 is 0 Å². The maximum Gasteiger partial charge on any atom is 0.220 e. The fourth-order valence-electron chi connectivity index (χ4n) is 2.45. The highest BCUT2D eigenvalue weighted by Crippen LogP contribution is 2.17. The summed E-state index contributed by atoms with van der Waals surface area (Å²) in [4.78, 5) is 18.4. The van der Waals surface area contributed by atoms with E-state index in [1.54, 1.807) is 0 Å². The molecule has 0 bridgehead atoms. The van der Waals surface area contributed by atoms with Crippen molar-refractivity contribution in [2.45, 2.75) is 44.7 Å². The van der Waals surface area contributed by atoms with Crippen molar-refractivity contribution in [2.24, 2.45) is 5.73 Å². The lowest BCUT2D eigenvalue weighted by molar-refractivity contribution is -0.122. The summed E-state index contributed by atoms with van der Waals surface area (Å²) in [6, 6.07) is 6.34. The Hall–Kier alpha value is -1.04. The van der Waals surface area contributed by atoms with Gasteiger partial charge in [0, 0.05) is 37.8 Å². The number of carbonyl (C=O) groups excluding carboxylic acids is 1. The van der Waals surface area contributed by atoms with Gasteiger partial charge in [0.15, 0.2) is 0 Å². The molecule has 3 N–H and O–H groups in total. The average molecular weight is 349 g/mol. The van der Waals surface area contributed by atoms with E-state index in [4.69, 9.17) is 5.73 Å². The van der Waals surface area contributed by atoms with Gasteiger partial charge in [0.05, 0.1) is 0 Å². The Morgan fingerprint density at radius 1 is 1.41 bits per heavy atom. The number of halogens is 2. The van der Waals surface area contributed by atoms with Gasteiger partial charge < -0.3 is 16.0 Å². The largest absolute Gasteiger partial charge is 0.356 e. The van der Waals surface area contributed by atoms with Crippen LogP contribution in [0.15, 0.2) is 24.4 Å². The van der Waals surface area contributed by atoms with E-state index in [-0.39, 0.29) is 42.8 Å². The third kappa shape index (κ3) is 6.81. The van der Waals surface area contributed by atoms with Crippen LogP contribution in [0.3, 0.4) is 0 Å². The molecule has 1 atom stereocenters. The summed E-state index contributed by atoms with van der Waals surface area (Å²) in [5.74, 6) is 1.15. The zero-order valence-electron chi connectivity index (χ0n) is 12.9. The number of aromatic nitrogens is 1. The molecular formula is C15H26Cl2N4O. The van der Waals surface area contributed by atoms with E-state index >= 15 is 0 Å². The minimum absolute atomic E-state index is 0. The van der Waals surface area contributed by atoms with Gasteiger partial charge in [-0.2, -0.15) is 0 Å². The lowest BCUT2D eigenvalue weighted by atomic mass is 10.0. The molecule has 7 heteroatoms. The molecule has 1 amide bonds. The van der Waals surface area contributed by atoms with Crippen LogP contribution >= 0.6 is 24.8 Å². The first-order chi connectivity index (χ1) is 9.65. The van der Waals surface area contributed by atoms with Gasteiger partial charge >= 0.3 is 0 Å². The number of nitrogens with zero attached hydrogens (tertiary/aromatic N) is 2. The molecule has 1 fully saturated rings. The number of nitrogens with one attached hydrogen (secondary N) is 1. The molecule has 126 valence electrons. The zero-order valence-corrected chi connectivity index (χ0v) is 14.5. The Balaban J connectivity index is 0.00000220. The number of piperidine rings is 1. The van der Waals surface area contributed by atoms with Gasteiger partial charge in [-0.05, 0) is 38.3 Å². The quantitative estimate of drug-likeness (QED) is 0.854. The fraction of sp³-hybridized carbons (Fsp3) is 0.600. The summed E-state index contributed by atoms with van der Waals surface area (Å²) in [5, 5.41) is 3.10. The van der Waals surface area contributed by atoms with E-state index in [0.29, 0.717) is 6.42 Å². The van der Waals surface area contributed by atoms with Crippen LogP contribution in [0, 0.1) is 0 Å². The number of amides is 1. The molecular weight excluding hydrogens is 323 g/mol. The number of nitrogens with two attached hydrogens (primary N) is 1. The number of hydrogen-bond donors (Lipinski definition) is 2. The third-order valence-corrected chi connectivity index (χ3v) is 3.66. The van der Waals surface area contributed by atoms with Crippen molar-refractivity contribution in [1.29, 1.82) is 0 Å². The molecule has 0 radical (unpaired) electrons. The topological polar surface area (TPSA) is 71.2 Å². The summed E-state index contributed by atoms with van der Waals surface area (Å²) in [6.45, 7) is 3.81. The molecule has 0 aromatic carbocycles. The first kappa shape index (κ1) is 21.0. The second-order valence-corrected chi connectivity index (χ2v) is 5.53. The van der Waals surface area contributed by atoms with Crippen LogP contribution in [0.25, 0.3) is 0 Å². The maximum atomic E-state index is 11.8. The van der Waals surface area contributed by atoms with Gasteiger partial charge in [0.25, 0.3) is 0 Å². The molecule has 1 aromatic heterocycles. The standard InChI is InChI=1S/C15H24N4O.2ClH/c1-12(16)5-6-15(20)18-13-7-10-19(11-8-13)14-4-2-3-9-17-14;;/h2-4,9,12-13H,5-8,10-11,16H2,1H3,(H,18,20);2*1H. The van der Waals surface area contributed by atoms with Crippen LogP contribution in [-0.4, -0.2) is 36.1 Å². The van der Waals surface area contributed by atoms with Crippen molar-refractivity contribution in [3.8, 4) is 0 Å². The minimum Gasteiger partial charge on any atom is -0.356 e. The summed E-state index contributed by atoms with van der Waals surface area (Å²) in [6.07, 6.45) is 5.04. The van der Waals surface area contributed by atoms with Crippen LogP contribution in [0.4, 0.5) is 5.82 Å². The Bertz CT molecular complexity index is 423. The summed E-state index contributed by atoms with van der Waals surface area (Å²) in [7, 11) is 0. The first-order valence-corrected chi connectivity index (χ1v) is 7.36. The molecule has 1 aliphatic heterocycles. The molecule has 0 saturated carbocycles. The molecule has 1 aromatic rings. The van der Waals surface area contributed by atoms with E-state index in [1.165, 1.54) is 0 Å². The second-order valence-electron chi connectivity index (χ2n) is 5.53. The molecule has 1 unspecified atom stereocenters. The second kappa shape index (κ2) is 10.6. The predicted octanol–water partition coefficient (Wildman–Crippen LogP) is 2.14. The number of rotatable bonds is 5. The SMILES string of the molecule is CC(N)CCC(=O)NC1CCN(c2ccccn2)CC1.Cl.Cl. The van der Waals surface area contributed by atoms with E-state index in [2.05, 4.69) is 15.2 Å². The normalized spacial score (nSPS) is 16.2. The molecule has 2 heterocycles. The maximum absolute atomic E-state index is 11.8. The monoisotopic (exact) mass is 348 g/mol. The van der Waals surface area contributed by atoms with E-state index in [9.17, 15) is 4.79 Å². The van der Waals surface area contributed by atoms with Crippen molar-refractivity contribution in [2.75, 3.05) is 18.0 Å². The van der Waals surface area contributed by atoms with Crippen molar-refractivity contribution in [3.05, 3.63) is 24.4 Å². The van der Waals surface area contributed by atoms with Gasteiger partial charge in [-0.1, -0.05) is 6.07 Å². The van der Waals surface area contributed by atoms with Crippen molar-refractivity contribution in [1.82, 2.24) is 10.3 Å². The lowest BCUT2D eigenvalue weighted by Crippen LogP contribution is -2.45. The Morgan fingerprint density at radius 3 is 2.64 bits per heavy atom.